The van der Waals surface area contributed by atoms with Crippen LogP contribution in [-0.2, 0) is 13.2 Å². The van der Waals surface area contributed by atoms with E-state index in [1.807, 2.05) is 48.5 Å². The molecular formula is C23H20ClNO4S. The molecule has 0 N–H and O–H groups in total. The summed E-state index contributed by atoms with van der Waals surface area (Å²) in [6.45, 7) is 0.641. The van der Waals surface area contributed by atoms with Crippen molar-refractivity contribution in [2.45, 2.75) is 13.2 Å². The molecule has 3 aromatic carbocycles. The fraction of sp³-hybridized carbons (Fsp3) is 0.174. The SMILES string of the molecule is COc1ccc(COc2ccc(N=C=S)c(Cl)c2OCc2ccc(OC)cc2)cc1. The van der Waals surface area contributed by atoms with Crippen molar-refractivity contribution in [3.05, 3.63) is 76.8 Å². The monoisotopic (exact) mass is 441 g/mol. The molecule has 5 nitrogen and oxygen atoms in total. The van der Waals surface area contributed by atoms with E-state index in [1.54, 1.807) is 26.4 Å². The molecule has 3 aromatic rings. The summed E-state index contributed by atoms with van der Waals surface area (Å²) >= 11 is 11.2. The highest BCUT2D eigenvalue weighted by molar-refractivity contribution is 7.78. The molecule has 0 amide bonds. The first-order valence-corrected chi connectivity index (χ1v) is 9.85. The molecule has 0 aliphatic rings. The zero-order valence-corrected chi connectivity index (χ0v) is 18.1. The minimum absolute atomic E-state index is 0.299. The average Bonchev–Trinajstić information content (AvgIpc) is 2.79. The van der Waals surface area contributed by atoms with Crippen molar-refractivity contribution < 1.29 is 18.9 Å². The molecule has 7 heteroatoms. The number of rotatable bonds is 9. The lowest BCUT2D eigenvalue weighted by atomic mass is 10.2. The van der Waals surface area contributed by atoms with Gasteiger partial charge in [0.05, 0.1) is 25.1 Å². The van der Waals surface area contributed by atoms with Crippen LogP contribution in [0.25, 0.3) is 0 Å². The third-order valence-electron chi connectivity index (χ3n) is 4.30. The first-order chi connectivity index (χ1) is 14.6. The molecule has 0 unspecified atom stereocenters. The van der Waals surface area contributed by atoms with Crippen LogP contribution in [0.4, 0.5) is 5.69 Å². The van der Waals surface area contributed by atoms with Gasteiger partial charge < -0.3 is 18.9 Å². The highest BCUT2D eigenvalue weighted by Gasteiger charge is 2.15. The summed E-state index contributed by atoms with van der Waals surface area (Å²) in [5.41, 5.74) is 2.40. The van der Waals surface area contributed by atoms with Gasteiger partial charge in [0.15, 0.2) is 11.5 Å². The number of isothiocyanates is 1. The van der Waals surface area contributed by atoms with Gasteiger partial charge in [-0.1, -0.05) is 35.9 Å². The molecule has 0 saturated carbocycles. The second-order valence-corrected chi connectivity index (χ2v) is 6.76. The lowest BCUT2D eigenvalue weighted by Gasteiger charge is -2.15. The Morgan fingerprint density at radius 2 is 1.33 bits per heavy atom. The normalized spacial score (nSPS) is 10.1. The Hall–Kier alpha value is -3.05. The van der Waals surface area contributed by atoms with Crippen LogP contribution in [0.2, 0.25) is 5.02 Å². The van der Waals surface area contributed by atoms with E-state index in [0.29, 0.717) is 35.4 Å². The summed E-state index contributed by atoms with van der Waals surface area (Å²) in [5.74, 6) is 2.46. The molecule has 0 aliphatic carbocycles. The summed E-state index contributed by atoms with van der Waals surface area (Å²) < 4.78 is 22.3. The van der Waals surface area contributed by atoms with Gasteiger partial charge in [0.1, 0.15) is 29.7 Å². The minimum Gasteiger partial charge on any atom is -0.497 e. The molecule has 3 rings (SSSR count). The van der Waals surface area contributed by atoms with Crippen LogP contribution in [-0.4, -0.2) is 19.4 Å². The maximum absolute atomic E-state index is 6.51. The van der Waals surface area contributed by atoms with Crippen molar-refractivity contribution >= 4 is 34.7 Å². The Morgan fingerprint density at radius 1 is 0.800 bits per heavy atom. The fourth-order valence-electron chi connectivity index (χ4n) is 2.67. The number of methoxy groups -OCH3 is 2. The van der Waals surface area contributed by atoms with Gasteiger partial charge in [-0.3, -0.25) is 0 Å². The van der Waals surface area contributed by atoms with E-state index in [-0.39, 0.29) is 0 Å². The van der Waals surface area contributed by atoms with Gasteiger partial charge in [-0.25, -0.2) is 0 Å². The van der Waals surface area contributed by atoms with E-state index in [0.717, 1.165) is 22.6 Å². The summed E-state index contributed by atoms with van der Waals surface area (Å²) in [6, 6.07) is 18.7. The second kappa shape index (κ2) is 10.6. The Labute approximate surface area is 185 Å². The zero-order chi connectivity index (χ0) is 21.3. The van der Waals surface area contributed by atoms with Crippen LogP contribution >= 0.6 is 23.8 Å². The number of hydrogen-bond acceptors (Lipinski definition) is 6. The third-order valence-corrected chi connectivity index (χ3v) is 4.76. The first kappa shape index (κ1) is 21.7. The van der Waals surface area contributed by atoms with E-state index >= 15 is 0 Å². The van der Waals surface area contributed by atoms with Gasteiger partial charge in [-0.15, -0.1) is 0 Å². The zero-order valence-electron chi connectivity index (χ0n) is 16.6. The molecule has 0 heterocycles. The number of nitrogens with zero attached hydrogens (tertiary/aromatic N) is 1. The predicted octanol–water partition coefficient (Wildman–Crippen LogP) is 6.25. The highest BCUT2D eigenvalue weighted by Crippen LogP contribution is 2.42. The quantitative estimate of drug-likeness (QED) is 0.290. The van der Waals surface area contributed by atoms with Crippen molar-refractivity contribution in [3.63, 3.8) is 0 Å². The van der Waals surface area contributed by atoms with Crippen LogP contribution in [0.15, 0.2) is 65.7 Å². The molecular weight excluding hydrogens is 422 g/mol. The smallest absolute Gasteiger partial charge is 0.182 e. The van der Waals surface area contributed by atoms with Gasteiger partial charge in [0.25, 0.3) is 0 Å². The first-order valence-electron chi connectivity index (χ1n) is 9.06. The number of aliphatic imine (C=N–C) groups is 1. The van der Waals surface area contributed by atoms with Crippen molar-refractivity contribution in [1.29, 1.82) is 0 Å². The summed E-state index contributed by atoms with van der Waals surface area (Å²) in [6.07, 6.45) is 0. The number of halogens is 1. The topological polar surface area (TPSA) is 49.3 Å². The number of ether oxygens (including phenoxy) is 4. The van der Waals surface area contributed by atoms with Gasteiger partial charge >= 0.3 is 0 Å². The average molecular weight is 442 g/mol. The molecule has 30 heavy (non-hydrogen) atoms. The molecule has 0 spiro atoms. The minimum atomic E-state index is 0.299. The van der Waals surface area contributed by atoms with Gasteiger partial charge in [-0.2, -0.15) is 4.99 Å². The number of benzene rings is 3. The summed E-state index contributed by atoms with van der Waals surface area (Å²) in [5, 5.41) is 2.64. The Morgan fingerprint density at radius 3 is 1.83 bits per heavy atom. The molecule has 154 valence electrons. The van der Waals surface area contributed by atoms with E-state index in [9.17, 15) is 0 Å². The number of hydrogen-bond donors (Lipinski definition) is 0. The summed E-state index contributed by atoms with van der Waals surface area (Å²) in [7, 11) is 3.25. The van der Waals surface area contributed by atoms with Crippen LogP contribution in [0.1, 0.15) is 11.1 Å². The van der Waals surface area contributed by atoms with E-state index in [2.05, 4.69) is 10.2 Å². The molecule has 0 atom stereocenters. The highest BCUT2D eigenvalue weighted by atomic mass is 35.5. The lowest BCUT2D eigenvalue weighted by Crippen LogP contribution is -2.01. The molecule has 0 fully saturated rings. The second-order valence-electron chi connectivity index (χ2n) is 6.20. The van der Waals surface area contributed by atoms with Gasteiger partial charge in [-0.05, 0) is 59.7 Å². The van der Waals surface area contributed by atoms with Crippen molar-refractivity contribution in [2.24, 2.45) is 4.99 Å². The van der Waals surface area contributed by atoms with Gasteiger partial charge in [0.2, 0.25) is 0 Å². The molecule has 0 bridgehead atoms. The van der Waals surface area contributed by atoms with Crippen molar-refractivity contribution in [1.82, 2.24) is 0 Å². The molecule has 0 aromatic heterocycles. The largest absolute Gasteiger partial charge is 0.497 e. The van der Waals surface area contributed by atoms with Crippen LogP contribution in [0, 0.1) is 0 Å². The number of thiocarbonyl (C=S) groups is 1. The predicted molar refractivity (Wildman–Crippen MR) is 121 cm³/mol. The Kier molecular flexibility index (Phi) is 7.69. The van der Waals surface area contributed by atoms with E-state index in [4.69, 9.17) is 42.8 Å². The van der Waals surface area contributed by atoms with Gasteiger partial charge in [0, 0.05) is 0 Å². The third kappa shape index (κ3) is 5.51. The maximum Gasteiger partial charge on any atom is 0.182 e. The van der Waals surface area contributed by atoms with Crippen LogP contribution in [0.5, 0.6) is 23.0 Å². The van der Waals surface area contributed by atoms with E-state index < -0.39 is 0 Å². The standard InChI is InChI=1S/C23H20ClNO4S/c1-26-18-7-3-16(4-8-18)13-28-21-12-11-20(25-15-30)22(24)23(21)29-14-17-5-9-19(27-2)10-6-17/h3-12H,13-14H2,1-2H3. The summed E-state index contributed by atoms with van der Waals surface area (Å²) in [4.78, 5) is 3.99. The maximum atomic E-state index is 6.51. The molecule has 0 saturated heterocycles. The fourth-order valence-corrected chi connectivity index (χ4v) is 3.02. The lowest BCUT2D eigenvalue weighted by molar-refractivity contribution is 0.256. The Bertz CT molecular complexity index is 1030. The van der Waals surface area contributed by atoms with E-state index in [1.165, 1.54) is 0 Å². The molecule has 0 aliphatic heterocycles. The van der Waals surface area contributed by atoms with Crippen LogP contribution in [0.3, 0.4) is 0 Å². The molecule has 0 radical (unpaired) electrons. The van der Waals surface area contributed by atoms with Crippen molar-refractivity contribution in [3.8, 4) is 23.0 Å². The van der Waals surface area contributed by atoms with Crippen molar-refractivity contribution in [2.75, 3.05) is 14.2 Å². The van der Waals surface area contributed by atoms with Crippen LogP contribution < -0.4 is 18.9 Å². The Balaban J connectivity index is 1.80.